The molecule has 2 rings (SSSR count). The number of halogens is 1. The maximum atomic E-state index is 12.0. The van der Waals surface area contributed by atoms with Gasteiger partial charge >= 0.3 is 0 Å². The minimum atomic E-state index is -0.372. The predicted molar refractivity (Wildman–Crippen MR) is 118 cm³/mol. The van der Waals surface area contributed by atoms with Gasteiger partial charge in [-0.05, 0) is 48.7 Å². The Morgan fingerprint density at radius 1 is 0.967 bits per heavy atom. The van der Waals surface area contributed by atoms with Gasteiger partial charge in [-0.25, -0.2) is 0 Å². The van der Waals surface area contributed by atoms with Crippen LogP contribution in [0.25, 0.3) is 0 Å². The largest absolute Gasteiger partial charge is 0.484 e. The summed E-state index contributed by atoms with van der Waals surface area (Å²) in [4.78, 5) is 34.5. The standard InChI is InChI=1S/C21H26N4O4.ClH/c1-15-3-2-4-17(11-15)25-21(28)14-29-18-7-5-16(6-8-18)9-10-23-20(27)13-24-19(26)12-22;/h2-8,11H,9-10,12-14,22H2,1H3,(H,23,27)(H,24,26)(H,25,28);1H. The van der Waals surface area contributed by atoms with Crippen LogP contribution in [0.1, 0.15) is 11.1 Å². The number of hydrogen-bond acceptors (Lipinski definition) is 5. The van der Waals surface area contributed by atoms with Crippen LogP contribution in [0.4, 0.5) is 5.69 Å². The number of aryl methyl sites for hydroxylation is 1. The van der Waals surface area contributed by atoms with Crippen LogP contribution in [-0.2, 0) is 20.8 Å². The van der Waals surface area contributed by atoms with E-state index in [2.05, 4.69) is 16.0 Å². The van der Waals surface area contributed by atoms with Gasteiger partial charge in [0, 0.05) is 12.2 Å². The van der Waals surface area contributed by atoms with Crippen molar-refractivity contribution < 1.29 is 19.1 Å². The normalized spacial score (nSPS) is 9.80. The van der Waals surface area contributed by atoms with Crippen LogP contribution in [0.15, 0.2) is 48.5 Å². The first-order valence-electron chi connectivity index (χ1n) is 9.28. The number of anilines is 1. The van der Waals surface area contributed by atoms with E-state index in [0.717, 1.165) is 16.8 Å². The molecule has 0 aromatic heterocycles. The van der Waals surface area contributed by atoms with E-state index in [0.29, 0.717) is 18.7 Å². The van der Waals surface area contributed by atoms with E-state index in [1.807, 2.05) is 43.3 Å². The van der Waals surface area contributed by atoms with E-state index in [1.165, 1.54) is 0 Å². The van der Waals surface area contributed by atoms with Crippen LogP contribution in [0.3, 0.4) is 0 Å². The molecule has 5 N–H and O–H groups in total. The Morgan fingerprint density at radius 3 is 2.37 bits per heavy atom. The Balaban J connectivity index is 0.00000450. The average Bonchev–Trinajstić information content (AvgIpc) is 2.71. The Hall–Kier alpha value is -3.10. The maximum Gasteiger partial charge on any atom is 0.262 e. The zero-order valence-corrected chi connectivity index (χ0v) is 17.6. The van der Waals surface area contributed by atoms with Gasteiger partial charge in [0.25, 0.3) is 5.91 Å². The van der Waals surface area contributed by atoms with Gasteiger partial charge in [0.2, 0.25) is 11.8 Å². The molecule has 0 aliphatic carbocycles. The van der Waals surface area contributed by atoms with Gasteiger partial charge in [-0.15, -0.1) is 12.4 Å². The Bertz CT molecular complexity index is 843. The molecule has 0 saturated carbocycles. The topological polar surface area (TPSA) is 123 Å². The van der Waals surface area contributed by atoms with Crippen LogP contribution in [0.2, 0.25) is 0 Å². The lowest BCUT2D eigenvalue weighted by molar-refractivity contribution is -0.125. The number of rotatable bonds is 10. The molecule has 9 heteroatoms. The summed E-state index contributed by atoms with van der Waals surface area (Å²) in [5, 5.41) is 7.90. The molecule has 30 heavy (non-hydrogen) atoms. The maximum absolute atomic E-state index is 12.0. The van der Waals surface area contributed by atoms with Gasteiger partial charge in [0.05, 0.1) is 13.1 Å². The van der Waals surface area contributed by atoms with Crippen molar-refractivity contribution in [2.24, 2.45) is 5.73 Å². The van der Waals surface area contributed by atoms with Crippen molar-refractivity contribution in [1.29, 1.82) is 0 Å². The summed E-state index contributed by atoms with van der Waals surface area (Å²) in [7, 11) is 0. The van der Waals surface area contributed by atoms with Crippen LogP contribution >= 0.6 is 12.4 Å². The summed E-state index contributed by atoms with van der Waals surface area (Å²) in [6.07, 6.45) is 0.630. The Morgan fingerprint density at radius 2 is 1.70 bits per heavy atom. The van der Waals surface area contributed by atoms with E-state index in [9.17, 15) is 14.4 Å². The van der Waals surface area contributed by atoms with Gasteiger partial charge in [-0.2, -0.15) is 0 Å². The number of ether oxygens (including phenoxy) is 1. The van der Waals surface area contributed by atoms with Crippen molar-refractivity contribution in [2.75, 3.05) is 31.6 Å². The molecule has 2 aromatic carbocycles. The third-order valence-electron chi connectivity index (χ3n) is 3.96. The molecule has 0 aliphatic heterocycles. The predicted octanol–water partition coefficient (Wildman–Crippen LogP) is 1.17. The molecule has 0 bridgehead atoms. The fourth-order valence-corrected chi connectivity index (χ4v) is 2.48. The van der Waals surface area contributed by atoms with Crippen molar-refractivity contribution in [3.05, 3.63) is 59.7 Å². The molecule has 0 spiro atoms. The number of carbonyl (C=O) groups is 3. The molecule has 2 aromatic rings. The van der Waals surface area contributed by atoms with Crippen LogP contribution < -0.4 is 26.4 Å². The second-order valence-electron chi connectivity index (χ2n) is 6.43. The molecule has 8 nitrogen and oxygen atoms in total. The highest BCUT2D eigenvalue weighted by molar-refractivity contribution is 5.92. The van der Waals surface area contributed by atoms with E-state index in [-0.39, 0.29) is 49.8 Å². The smallest absolute Gasteiger partial charge is 0.262 e. The van der Waals surface area contributed by atoms with Gasteiger partial charge < -0.3 is 26.4 Å². The molecule has 0 fully saturated rings. The van der Waals surface area contributed by atoms with Crippen molar-refractivity contribution in [3.63, 3.8) is 0 Å². The number of benzene rings is 2. The fourth-order valence-electron chi connectivity index (χ4n) is 2.48. The van der Waals surface area contributed by atoms with Crippen LogP contribution in [0.5, 0.6) is 5.75 Å². The third-order valence-corrected chi connectivity index (χ3v) is 3.96. The Kier molecular flexibility index (Phi) is 11.0. The van der Waals surface area contributed by atoms with E-state index < -0.39 is 0 Å². The molecular formula is C21H27ClN4O4. The molecule has 162 valence electrons. The SMILES string of the molecule is Cc1cccc(NC(=O)COc2ccc(CCNC(=O)CNC(=O)CN)cc2)c1.Cl. The molecule has 0 unspecified atom stereocenters. The molecule has 0 atom stereocenters. The summed E-state index contributed by atoms with van der Waals surface area (Å²) >= 11 is 0. The zero-order valence-electron chi connectivity index (χ0n) is 16.8. The lowest BCUT2D eigenvalue weighted by Gasteiger charge is -2.09. The summed E-state index contributed by atoms with van der Waals surface area (Å²) in [5.74, 6) is -0.291. The summed E-state index contributed by atoms with van der Waals surface area (Å²) in [5.41, 5.74) is 7.96. The van der Waals surface area contributed by atoms with Crippen molar-refractivity contribution >= 4 is 35.8 Å². The van der Waals surface area contributed by atoms with E-state index in [1.54, 1.807) is 12.1 Å². The van der Waals surface area contributed by atoms with Crippen molar-refractivity contribution in [3.8, 4) is 5.75 Å². The molecule has 0 aliphatic rings. The second-order valence-corrected chi connectivity index (χ2v) is 6.43. The molecule has 0 heterocycles. The van der Waals surface area contributed by atoms with Crippen molar-refractivity contribution in [2.45, 2.75) is 13.3 Å². The minimum absolute atomic E-state index is 0. The van der Waals surface area contributed by atoms with Crippen LogP contribution in [-0.4, -0.2) is 44.0 Å². The number of nitrogens with one attached hydrogen (secondary N) is 3. The number of amides is 3. The highest BCUT2D eigenvalue weighted by Gasteiger charge is 2.05. The number of nitrogens with two attached hydrogens (primary N) is 1. The molecule has 0 radical (unpaired) electrons. The first-order valence-corrected chi connectivity index (χ1v) is 9.28. The first-order chi connectivity index (χ1) is 14.0. The van der Waals surface area contributed by atoms with Gasteiger partial charge in [-0.1, -0.05) is 24.3 Å². The minimum Gasteiger partial charge on any atom is -0.484 e. The highest BCUT2D eigenvalue weighted by Crippen LogP contribution is 2.13. The first kappa shape index (κ1) is 24.9. The van der Waals surface area contributed by atoms with Gasteiger partial charge in [-0.3, -0.25) is 14.4 Å². The molecule has 3 amide bonds. The molecular weight excluding hydrogens is 408 g/mol. The zero-order chi connectivity index (χ0) is 21.1. The molecule has 0 saturated heterocycles. The third kappa shape index (κ3) is 9.40. The Labute approximate surface area is 182 Å². The van der Waals surface area contributed by atoms with Gasteiger partial charge in [0.1, 0.15) is 5.75 Å². The summed E-state index contributed by atoms with van der Waals surface area (Å²) in [6, 6.07) is 14.8. The summed E-state index contributed by atoms with van der Waals surface area (Å²) in [6.45, 7) is 2.08. The second kappa shape index (κ2) is 13.2. The van der Waals surface area contributed by atoms with E-state index >= 15 is 0 Å². The van der Waals surface area contributed by atoms with Crippen LogP contribution in [0, 0.1) is 6.92 Å². The average molecular weight is 435 g/mol. The van der Waals surface area contributed by atoms with Gasteiger partial charge in [0.15, 0.2) is 6.61 Å². The fraction of sp³-hybridized carbons (Fsp3) is 0.286. The summed E-state index contributed by atoms with van der Waals surface area (Å²) < 4.78 is 5.50. The lowest BCUT2D eigenvalue weighted by atomic mass is 10.1. The number of hydrogen-bond donors (Lipinski definition) is 4. The van der Waals surface area contributed by atoms with E-state index in [4.69, 9.17) is 10.5 Å². The number of carbonyl (C=O) groups excluding carboxylic acids is 3. The quantitative estimate of drug-likeness (QED) is 0.447. The lowest BCUT2D eigenvalue weighted by Crippen LogP contribution is -2.40. The van der Waals surface area contributed by atoms with Crippen molar-refractivity contribution in [1.82, 2.24) is 10.6 Å². The highest BCUT2D eigenvalue weighted by atomic mass is 35.5. The monoisotopic (exact) mass is 434 g/mol.